The fourth-order valence-corrected chi connectivity index (χ4v) is 3.63. The molecule has 0 aromatic heterocycles. The van der Waals surface area contributed by atoms with Crippen LogP contribution < -0.4 is 5.32 Å². The normalized spacial score (nSPS) is 30.4. The van der Waals surface area contributed by atoms with Crippen LogP contribution in [0.5, 0.6) is 0 Å². The van der Waals surface area contributed by atoms with Crippen LogP contribution in [0.2, 0.25) is 10.0 Å². The second kappa shape index (κ2) is 5.87. The summed E-state index contributed by atoms with van der Waals surface area (Å²) in [5.41, 5.74) is 1.62. The molecule has 0 aliphatic heterocycles. The third-order valence-corrected chi connectivity index (χ3v) is 5.81. The highest BCUT2D eigenvalue weighted by atomic mass is 35.5. The third-order valence-electron chi connectivity index (χ3n) is 5.07. The molecule has 1 aromatic carbocycles. The van der Waals surface area contributed by atoms with E-state index in [-0.39, 0.29) is 5.41 Å². The van der Waals surface area contributed by atoms with Gasteiger partial charge in [-0.3, -0.25) is 0 Å². The van der Waals surface area contributed by atoms with Crippen molar-refractivity contribution in [2.75, 3.05) is 6.54 Å². The minimum atomic E-state index is 0.253. The number of nitrogens with one attached hydrogen (secondary N) is 1. The summed E-state index contributed by atoms with van der Waals surface area (Å²) in [4.78, 5) is 0. The van der Waals surface area contributed by atoms with Gasteiger partial charge in [0.1, 0.15) is 0 Å². The van der Waals surface area contributed by atoms with Crippen molar-refractivity contribution < 1.29 is 0 Å². The number of hydrogen-bond donors (Lipinski definition) is 1. The van der Waals surface area contributed by atoms with Gasteiger partial charge in [0.15, 0.2) is 0 Å². The number of halogens is 2. The fourth-order valence-electron chi connectivity index (χ4n) is 3.34. The standard InChI is InChI=1S/C17H23Cl2N/c1-12-6-8-17(9-7-12,11-20-14-3-4-14)13-2-5-15(18)16(19)10-13/h2,5,10,12,14,20H,3-4,6-9,11H2,1H3. The molecule has 2 aliphatic rings. The van der Waals surface area contributed by atoms with Crippen molar-refractivity contribution in [3.05, 3.63) is 33.8 Å². The van der Waals surface area contributed by atoms with Crippen LogP contribution in [0, 0.1) is 5.92 Å². The minimum Gasteiger partial charge on any atom is -0.313 e. The Kier molecular flexibility index (Phi) is 4.31. The highest BCUT2D eigenvalue weighted by Gasteiger charge is 2.37. The molecule has 2 saturated carbocycles. The maximum Gasteiger partial charge on any atom is 0.0595 e. The van der Waals surface area contributed by atoms with Gasteiger partial charge < -0.3 is 5.32 Å². The van der Waals surface area contributed by atoms with E-state index in [1.165, 1.54) is 44.1 Å². The van der Waals surface area contributed by atoms with Crippen molar-refractivity contribution in [2.45, 2.75) is 56.9 Å². The van der Waals surface area contributed by atoms with Gasteiger partial charge in [0.2, 0.25) is 0 Å². The lowest BCUT2D eigenvalue weighted by atomic mass is 9.67. The Hall–Kier alpha value is -0.240. The van der Waals surface area contributed by atoms with Crippen molar-refractivity contribution in [3.63, 3.8) is 0 Å². The predicted octanol–water partition coefficient (Wildman–Crippen LogP) is 5.19. The van der Waals surface area contributed by atoms with Crippen LogP contribution in [0.4, 0.5) is 0 Å². The first kappa shape index (κ1) is 14.7. The molecule has 1 aromatic rings. The van der Waals surface area contributed by atoms with E-state index in [0.717, 1.165) is 18.5 Å². The molecule has 0 heterocycles. The molecule has 1 N–H and O–H groups in total. The van der Waals surface area contributed by atoms with Crippen LogP contribution in [0.15, 0.2) is 18.2 Å². The Labute approximate surface area is 132 Å². The lowest BCUT2D eigenvalue weighted by molar-refractivity contribution is 0.233. The van der Waals surface area contributed by atoms with Gasteiger partial charge in [0, 0.05) is 18.0 Å². The summed E-state index contributed by atoms with van der Waals surface area (Å²) in [5.74, 6) is 0.854. The molecule has 0 saturated heterocycles. The molecule has 0 amide bonds. The largest absolute Gasteiger partial charge is 0.313 e. The Morgan fingerprint density at radius 1 is 1.10 bits per heavy atom. The molecule has 2 fully saturated rings. The molecule has 20 heavy (non-hydrogen) atoms. The summed E-state index contributed by atoms with van der Waals surface area (Å²) in [5, 5.41) is 5.08. The number of benzene rings is 1. The molecule has 0 atom stereocenters. The first-order chi connectivity index (χ1) is 9.59. The van der Waals surface area contributed by atoms with Gasteiger partial charge in [-0.25, -0.2) is 0 Å². The second-order valence-corrected chi connectivity index (χ2v) is 7.56. The van der Waals surface area contributed by atoms with Crippen molar-refractivity contribution in [1.82, 2.24) is 5.32 Å². The number of rotatable bonds is 4. The Balaban J connectivity index is 1.84. The maximum atomic E-state index is 6.25. The summed E-state index contributed by atoms with van der Waals surface area (Å²) >= 11 is 12.3. The smallest absolute Gasteiger partial charge is 0.0595 e. The van der Waals surface area contributed by atoms with Gasteiger partial charge in [-0.15, -0.1) is 0 Å². The van der Waals surface area contributed by atoms with Gasteiger partial charge in [-0.1, -0.05) is 36.2 Å². The van der Waals surface area contributed by atoms with E-state index in [2.05, 4.69) is 24.4 Å². The molecular weight excluding hydrogens is 289 g/mol. The average Bonchev–Trinajstić information content (AvgIpc) is 3.26. The Morgan fingerprint density at radius 3 is 2.40 bits per heavy atom. The van der Waals surface area contributed by atoms with E-state index < -0.39 is 0 Å². The van der Waals surface area contributed by atoms with E-state index in [1.807, 2.05) is 6.07 Å². The lowest BCUT2D eigenvalue weighted by Crippen LogP contribution is -2.41. The SMILES string of the molecule is CC1CCC(CNC2CC2)(c2ccc(Cl)c(Cl)c2)CC1. The Bertz CT molecular complexity index is 474. The summed E-state index contributed by atoms with van der Waals surface area (Å²) in [6.45, 7) is 3.45. The van der Waals surface area contributed by atoms with E-state index >= 15 is 0 Å². The first-order valence-corrected chi connectivity index (χ1v) is 8.54. The molecule has 0 bridgehead atoms. The molecule has 0 unspecified atom stereocenters. The van der Waals surface area contributed by atoms with Crippen LogP contribution in [0.25, 0.3) is 0 Å². The second-order valence-electron chi connectivity index (χ2n) is 6.75. The van der Waals surface area contributed by atoms with Crippen LogP contribution in [0.3, 0.4) is 0 Å². The van der Waals surface area contributed by atoms with Gasteiger partial charge >= 0.3 is 0 Å². The minimum absolute atomic E-state index is 0.253. The molecule has 3 rings (SSSR count). The fraction of sp³-hybridized carbons (Fsp3) is 0.647. The van der Waals surface area contributed by atoms with Gasteiger partial charge in [-0.2, -0.15) is 0 Å². The van der Waals surface area contributed by atoms with Crippen LogP contribution >= 0.6 is 23.2 Å². The molecule has 0 radical (unpaired) electrons. The molecule has 110 valence electrons. The van der Waals surface area contributed by atoms with E-state index in [4.69, 9.17) is 23.2 Å². The lowest BCUT2D eigenvalue weighted by Gasteiger charge is -2.40. The van der Waals surface area contributed by atoms with Crippen molar-refractivity contribution in [3.8, 4) is 0 Å². The van der Waals surface area contributed by atoms with E-state index in [9.17, 15) is 0 Å². The van der Waals surface area contributed by atoms with Gasteiger partial charge in [0.25, 0.3) is 0 Å². The number of hydrogen-bond acceptors (Lipinski definition) is 1. The zero-order valence-corrected chi connectivity index (χ0v) is 13.6. The molecule has 1 nitrogen and oxygen atoms in total. The topological polar surface area (TPSA) is 12.0 Å². The van der Waals surface area contributed by atoms with Crippen LogP contribution in [-0.4, -0.2) is 12.6 Å². The van der Waals surface area contributed by atoms with Crippen molar-refractivity contribution >= 4 is 23.2 Å². The predicted molar refractivity (Wildman–Crippen MR) is 86.8 cm³/mol. The summed E-state index contributed by atoms with van der Waals surface area (Å²) in [6, 6.07) is 6.98. The summed E-state index contributed by atoms with van der Waals surface area (Å²) in [7, 11) is 0. The maximum absolute atomic E-state index is 6.25. The Morgan fingerprint density at radius 2 is 1.80 bits per heavy atom. The van der Waals surface area contributed by atoms with Crippen molar-refractivity contribution in [1.29, 1.82) is 0 Å². The van der Waals surface area contributed by atoms with Crippen molar-refractivity contribution in [2.24, 2.45) is 5.92 Å². The van der Waals surface area contributed by atoms with Crippen LogP contribution in [-0.2, 0) is 5.41 Å². The first-order valence-electron chi connectivity index (χ1n) is 7.78. The van der Waals surface area contributed by atoms with E-state index in [0.29, 0.717) is 10.0 Å². The molecule has 2 aliphatic carbocycles. The quantitative estimate of drug-likeness (QED) is 0.806. The molecule has 0 spiro atoms. The van der Waals surface area contributed by atoms with Gasteiger partial charge in [0.05, 0.1) is 10.0 Å². The zero-order chi connectivity index (χ0) is 14.2. The molecule has 3 heteroatoms. The zero-order valence-electron chi connectivity index (χ0n) is 12.1. The van der Waals surface area contributed by atoms with E-state index in [1.54, 1.807) is 0 Å². The monoisotopic (exact) mass is 311 g/mol. The van der Waals surface area contributed by atoms with Crippen LogP contribution in [0.1, 0.15) is 51.0 Å². The highest BCUT2D eigenvalue weighted by Crippen LogP contribution is 2.43. The van der Waals surface area contributed by atoms with Gasteiger partial charge in [-0.05, 0) is 62.1 Å². The highest BCUT2D eigenvalue weighted by molar-refractivity contribution is 6.42. The summed E-state index contributed by atoms with van der Waals surface area (Å²) < 4.78 is 0. The summed E-state index contributed by atoms with van der Waals surface area (Å²) in [6.07, 6.45) is 7.82. The average molecular weight is 312 g/mol. The molecular formula is C17H23Cl2N. The third kappa shape index (κ3) is 3.16.